The van der Waals surface area contributed by atoms with Crippen LogP contribution >= 0.6 is 0 Å². The van der Waals surface area contributed by atoms with Crippen LogP contribution in [0.3, 0.4) is 0 Å². The van der Waals surface area contributed by atoms with Crippen molar-refractivity contribution in [1.82, 2.24) is 19.8 Å². The summed E-state index contributed by atoms with van der Waals surface area (Å²) in [6, 6.07) is 9.23. The van der Waals surface area contributed by atoms with E-state index < -0.39 is 0 Å². The Kier molecular flexibility index (Phi) is 2.90. The number of aromatic nitrogens is 4. The smallest absolute Gasteiger partial charge is 0.201 e. The van der Waals surface area contributed by atoms with Crippen LogP contribution < -0.4 is 5.32 Å². The highest BCUT2D eigenvalue weighted by Crippen LogP contribution is 2.21. The number of carbonyl (C=O) groups excluding carboxylic acids is 1. The van der Waals surface area contributed by atoms with Crippen molar-refractivity contribution in [2.24, 2.45) is 0 Å². The van der Waals surface area contributed by atoms with E-state index in [1.165, 1.54) is 0 Å². The maximum absolute atomic E-state index is 11.4. The number of hydrogen-bond acceptors (Lipinski definition) is 5. The second kappa shape index (κ2) is 4.73. The van der Waals surface area contributed by atoms with Crippen molar-refractivity contribution in [2.75, 3.05) is 5.32 Å². The van der Waals surface area contributed by atoms with E-state index in [0.717, 1.165) is 17.1 Å². The van der Waals surface area contributed by atoms with Crippen molar-refractivity contribution in [3.63, 3.8) is 0 Å². The van der Waals surface area contributed by atoms with Crippen LogP contribution in [-0.2, 0) is 0 Å². The molecule has 0 saturated heterocycles. The molecule has 0 amide bonds. The minimum Gasteiger partial charge on any atom is -0.352 e. The van der Waals surface area contributed by atoms with Gasteiger partial charge in [-0.25, -0.2) is 0 Å². The Labute approximate surface area is 115 Å². The Hall–Kier alpha value is -2.76. The maximum atomic E-state index is 11.4. The molecule has 3 aromatic rings. The fraction of sp³-hybridized carbons (Fsp3) is 0.143. The van der Waals surface area contributed by atoms with Crippen LogP contribution in [0.5, 0.6) is 0 Å². The summed E-state index contributed by atoms with van der Waals surface area (Å²) in [7, 11) is 0. The van der Waals surface area contributed by atoms with Gasteiger partial charge in [-0.2, -0.15) is 9.61 Å². The lowest BCUT2D eigenvalue weighted by Gasteiger charge is -2.08. The normalized spacial score (nSPS) is 10.7. The van der Waals surface area contributed by atoms with Gasteiger partial charge in [0.1, 0.15) is 6.33 Å². The van der Waals surface area contributed by atoms with E-state index in [-0.39, 0.29) is 5.78 Å². The highest BCUT2D eigenvalue weighted by Gasteiger charge is 2.07. The molecule has 2 aromatic heterocycles. The first-order valence-electron chi connectivity index (χ1n) is 6.19. The zero-order valence-electron chi connectivity index (χ0n) is 11.2. The average Bonchev–Trinajstić information content (AvgIpc) is 2.87. The zero-order chi connectivity index (χ0) is 14.1. The maximum Gasteiger partial charge on any atom is 0.201 e. The van der Waals surface area contributed by atoms with Crippen molar-refractivity contribution >= 4 is 22.8 Å². The molecule has 6 heteroatoms. The largest absolute Gasteiger partial charge is 0.352 e. The number of ketones is 1. The molecule has 3 rings (SSSR count). The Morgan fingerprint density at radius 2 is 2.15 bits per heavy atom. The molecule has 2 heterocycles. The Morgan fingerprint density at radius 3 is 2.95 bits per heavy atom. The number of anilines is 2. The fourth-order valence-corrected chi connectivity index (χ4v) is 2.02. The summed E-state index contributed by atoms with van der Waals surface area (Å²) in [4.78, 5) is 11.4. The van der Waals surface area contributed by atoms with Gasteiger partial charge >= 0.3 is 0 Å². The van der Waals surface area contributed by atoms with Gasteiger partial charge in [-0.3, -0.25) is 4.79 Å². The van der Waals surface area contributed by atoms with Gasteiger partial charge in [0.25, 0.3) is 0 Å². The lowest BCUT2D eigenvalue weighted by Crippen LogP contribution is -2.00. The van der Waals surface area contributed by atoms with E-state index >= 15 is 0 Å². The van der Waals surface area contributed by atoms with Crippen LogP contribution in [0.2, 0.25) is 0 Å². The Balaban J connectivity index is 2.02. The SMILES string of the molecule is CC(=O)c1cccc(Nc2cc(C)nn3cnnc23)c1. The lowest BCUT2D eigenvalue weighted by atomic mass is 10.1. The third kappa shape index (κ3) is 2.23. The fourth-order valence-electron chi connectivity index (χ4n) is 2.02. The number of benzene rings is 1. The number of Topliss-reactive ketones (excluding diaryl/α,β-unsaturated/α-hetero) is 1. The van der Waals surface area contributed by atoms with E-state index in [0.29, 0.717) is 11.2 Å². The molecule has 1 N–H and O–H groups in total. The number of fused-ring (bicyclic) bond motifs is 1. The van der Waals surface area contributed by atoms with Crippen LogP contribution in [0.4, 0.5) is 11.4 Å². The van der Waals surface area contributed by atoms with Crippen LogP contribution in [0, 0.1) is 6.92 Å². The number of nitrogens with one attached hydrogen (secondary N) is 1. The molecule has 0 fully saturated rings. The minimum absolute atomic E-state index is 0.0344. The van der Waals surface area contributed by atoms with Crippen LogP contribution in [-0.4, -0.2) is 25.6 Å². The van der Waals surface area contributed by atoms with Gasteiger partial charge in [0.15, 0.2) is 5.78 Å². The van der Waals surface area contributed by atoms with Gasteiger partial charge in [-0.15, -0.1) is 10.2 Å². The molecule has 20 heavy (non-hydrogen) atoms. The van der Waals surface area contributed by atoms with Gasteiger partial charge in [0, 0.05) is 11.3 Å². The highest BCUT2D eigenvalue weighted by atomic mass is 16.1. The minimum atomic E-state index is 0.0344. The van der Waals surface area contributed by atoms with Crippen LogP contribution in [0.1, 0.15) is 23.0 Å². The number of nitrogens with zero attached hydrogens (tertiary/aromatic N) is 4. The summed E-state index contributed by atoms with van der Waals surface area (Å²) in [5.41, 5.74) is 3.79. The number of aryl methyl sites for hydroxylation is 1. The first kappa shape index (κ1) is 12.3. The van der Waals surface area contributed by atoms with Crippen molar-refractivity contribution in [3.8, 4) is 0 Å². The summed E-state index contributed by atoms with van der Waals surface area (Å²) < 4.78 is 1.62. The predicted octanol–water partition coefficient (Wildman–Crippen LogP) is 2.38. The van der Waals surface area contributed by atoms with Gasteiger partial charge < -0.3 is 5.32 Å². The molecular weight excluding hydrogens is 254 g/mol. The molecule has 0 radical (unpaired) electrons. The first-order chi connectivity index (χ1) is 9.63. The lowest BCUT2D eigenvalue weighted by molar-refractivity contribution is 0.101. The average molecular weight is 267 g/mol. The third-order valence-corrected chi connectivity index (χ3v) is 2.94. The monoisotopic (exact) mass is 267 g/mol. The Morgan fingerprint density at radius 1 is 1.30 bits per heavy atom. The topological polar surface area (TPSA) is 72.2 Å². The molecule has 100 valence electrons. The standard InChI is InChI=1S/C14H13N5O/c1-9-6-13(14-17-15-8-19(14)18-9)16-12-5-3-4-11(7-12)10(2)20/h3-8,16H,1-2H3. The van der Waals surface area contributed by atoms with Crippen molar-refractivity contribution < 1.29 is 4.79 Å². The van der Waals surface area contributed by atoms with Crippen LogP contribution in [0.25, 0.3) is 5.65 Å². The highest BCUT2D eigenvalue weighted by molar-refractivity contribution is 5.95. The van der Waals surface area contributed by atoms with E-state index in [1.54, 1.807) is 23.8 Å². The van der Waals surface area contributed by atoms with E-state index in [4.69, 9.17) is 0 Å². The molecule has 0 spiro atoms. The van der Waals surface area contributed by atoms with Gasteiger partial charge in [0.05, 0.1) is 11.4 Å². The third-order valence-electron chi connectivity index (χ3n) is 2.94. The van der Waals surface area contributed by atoms with Crippen molar-refractivity contribution in [3.05, 3.63) is 47.9 Å². The number of carbonyl (C=O) groups is 1. The summed E-state index contributed by atoms with van der Waals surface area (Å²) in [5.74, 6) is 0.0344. The van der Waals surface area contributed by atoms with Gasteiger partial charge in [0.2, 0.25) is 5.65 Å². The summed E-state index contributed by atoms with van der Waals surface area (Å²) in [6.45, 7) is 3.45. The predicted molar refractivity (Wildman–Crippen MR) is 75.2 cm³/mol. The summed E-state index contributed by atoms with van der Waals surface area (Å²) in [5, 5.41) is 15.4. The second-order valence-corrected chi connectivity index (χ2v) is 4.56. The molecule has 0 aliphatic heterocycles. The van der Waals surface area contributed by atoms with E-state index in [1.807, 2.05) is 31.2 Å². The summed E-state index contributed by atoms with van der Waals surface area (Å²) >= 11 is 0. The van der Waals surface area contributed by atoms with Crippen molar-refractivity contribution in [1.29, 1.82) is 0 Å². The molecule has 0 aliphatic carbocycles. The molecule has 6 nitrogen and oxygen atoms in total. The molecule has 1 aromatic carbocycles. The van der Waals surface area contributed by atoms with Gasteiger partial charge in [-0.05, 0) is 32.0 Å². The van der Waals surface area contributed by atoms with Crippen molar-refractivity contribution in [2.45, 2.75) is 13.8 Å². The Bertz CT molecular complexity index is 793. The molecule has 0 saturated carbocycles. The van der Waals surface area contributed by atoms with Gasteiger partial charge in [-0.1, -0.05) is 12.1 Å². The first-order valence-corrected chi connectivity index (χ1v) is 6.19. The summed E-state index contributed by atoms with van der Waals surface area (Å²) in [6.07, 6.45) is 1.56. The number of hydrogen-bond donors (Lipinski definition) is 1. The molecular formula is C14H13N5O. The molecule has 0 aliphatic rings. The molecule has 0 bridgehead atoms. The molecule has 0 unspecified atom stereocenters. The van der Waals surface area contributed by atoms with E-state index in [2.05, 4.69) is 20.6 Å². The van der Waals surface area contributed by atoms with E-state index in [9.17, 15) is 4.79 Å². The molecule has 0 atom stereocenters. The zero-order valence-corrected chi connectivity index (χ0v) is 11.2. The quantitative estimate of drug-likeness (QED) is 0.738. The second-order valence-electron chi connectivity index (χ2n) is 4.56. The van der Waals surface area contributed by atoms with Crippen LogP contribution in [0.15, 0.2) is 36.7 Å². The number of rotatable bonds is 3.